The van der Waals surface area contributed by atoms with Gasteiger partial charge in [-0.3, -0.25) is 0 Å². The Kier molecular flexibility index (Phi) is 2.52. The zero-order valence-corrected chi connectivity index (χ0v) is 8.04. The van der Waals surface area contributed by atoms with Crippen molar-refractivity contribution >= 4 is 0 Å². The molecule has 0 saturated carbocycles. The predicted octanol–water partition coefficient (Wildman–Crippen LogP) is 0.370. The van der Waals surface area contributed by atoms with Gasteiger partial charge in [0.2, 0.25) is 0 Å². The molecule has 3 N–H and O–H groups in total. The molecule has 0 unspecified atom stereocenters. The van der Waals surface area contributed by atoms with Crippen LogP contribution in [0.2, 0.25) is 0 Å². The van der Waals surface area contributed by atoms with Crippen LogP contribution in [-0.4, -0.2) is 18.2 Å². The number of halogens is 1. The zero-order valence-electron chi connectivity index (χ0n) is 8.04. The fourth-order valence-corrected chi connectivity index (χ4v) is 2.00. The lowest BCUT2D eigenvalue weighted by molar-refractivity contribution is -0.669. The van der Waals surface area contributed by atoms with E-state index in [9.17, 15) is 9.50 Å². The number of quaternary nitrogens is 1. The van der Waals surface area contributed by atoms with Crippen molar-refractivity contribution in [3.05, 3.63) is 35.6 Å². The van der Waals surface area contributed by atoms with Gasteiger partial charge in [0.15, 0.2) is 0 Å². The quantitative estimate of drug-likeness (QED) is 0.669. The molecule has 2 rings (SSSR count). The summed E-state index contributed by atoms with van der Waals surface area (Å²) < 4.78 is 12.7. The molecule has 1 aliphatic heterocycles. The van der Waals surface area contributed by atoms with E-state index in [0.717, 1.165) is 31.5 Å². The van der Waals surface area contributed by atoms with Crippen molar-refractivity contribution in [1.29, 1.82) is 0 Å². The van der Waals surface area contributed by atoms with Crippen LogP contribution >= 0.6 is 0 Å². The Morgan fingerprint density at radius 2 is 1.71 bits per heavy atom. The largest absolute Gasteiger partial charge is 0.385 e. The van der Waals surface area contributed by atoms with Gasteiger partial charge in [-0.25, -0.2) is 4.39 Å². The van der Waals surface area contributed by atoms with Gasteiger partial charge in [0.25, 0.3) is 0 Å². The van der Waals surface area contributed by atoms with Gasteiger partial charge in [-0.2, -0.15) is 0 Å². The summed E-state index contributed by atoms with van der Waals surface area (Å²) in [6.45, 7) is 1.88. The highest BCUT2D eigenvalue weighted by atomic mass is 19.1. The van der Waals surface area contributed by atoms with Gasteiger partial charge in [-0.1, -0.05) is 12.1 Å². The van der Waals surface area contributed by atoms with Crippen LogP contribution in [0.3, 0.4) is 0 Å². The van der Waals surface area contributed by atoms with Crippen LogP contribution in [0.25, 0.3) is 0 Å². The standard InChI is InChI=1S/C11H14FNO/c12-10-3-1-9(2-4-10)11(14)5-7-13-8-6-11/h1-4,13-14H,5-8H2/p+1. The minimum atomic E-state index is -0.734. The van der Waals surface area contributed by atoms with Crippen molar-refractivity contribution < 1.29 is 14.8 Å². The van der Waals surface area contributed by atoms with Gasteiger partial charge >= 0.3 is 0 Å². The summed E-state index contributed by atoms with van der Waals surface area (Å²) in [4.78, 5) is 0. The molecule has 1 aromatic carbocycles. The number of nitrogens with two attached hydrogens (primary N) is 1. The van der Waals surface area contributed by atoms with Crippen molar-refractivity contribution in [1.82, 2.24) is 0 Å². The summed E-state index contributed by atoms with van der Waals surface area (Å²) in [5.74, 6) is -0.250. The lowest BCUT2D eigenvalue weighted by Crippen LogP contribution is -2.87. The van der Waals surface area contributed by atoms with E-state index >= 15 is 0 Å². The SMILES string of the molecule is OC1(c2ccc(F)cc2)CC[NH2+]CC1. The Hall–Kier alpha value is -0.930. The van der Waals surface area contributed by atoms with Crippen LogP contribution < -0.4 is 5.32 Å². The molecule has 0 aliphatic carbocycles. The van der Waals surface area contributed by atoms with E-state index < -0.39 is 5.60 Å². The Balaban J connectivity index is 2.23. The number of hydrogen-bond acceptors (Lipinski definition) is 1. The van der Waals surface area contributed by atoms with E-state index in [-0.39, 0.29) is 5.82 Å². The summed E-state index contributed by atoms with van der Waals surface area (Å²) in [6.07, 6.45) is 1.50. The number of hydrogen-bond donors (Lipinski definition) is 2. The van der Waals surface area contributed by atoms with Crippen molar-refractivity contribution in [2.75, 3.05) is 13.1 Å². The molecule has 0 aromatic heterocycles. The fourth-order valence-electron chi connectivity index (χ4n) is 2.00. The minimum Gasteiger partial charge on any atom is -0.385 e. The van der Waals surface area contributed by atoms with Crippen molar-refractivity contribution in [3.63, 3.8) is 0 Å². The smallest absolute Gasteiger partial charge is 0.123 e. The lowest BCUT2D eigenvalue weighted by Gasteiger charge is -2.31. The molecule has 0 spiro atoms. The van der Waals surface area contributed by atoms with Crippen molar-refractivity contribution in [2.45, 2.75) is 18.4 Å². The first kappa shape index (κ1) is 9.62. The molecule has 0 bridgehead atoms. The fraction of sp³-hybridized carbons (Fsp3) is 0.455. The summed E-state index contributed by atoms with van der Waals surface area (Å²) in [6, 6.07) is 6.18. The molecule has 1 fully saturated rings. The average molecular weight is 196 g/mol. The molecule has 1 heterocycles. The van der Waals surface area contributed by atoms with Crippen LogP contribution in [0.1, 0.15) is 18.4 Å². The van der Waals surface area contributed by atoms with E-state index in [1.807, 2.05) is 0 Å². The second-order valence-corrected chi connectivity index (χ2v) is 3.90. The third-order valence-corrected chi connectivity index (χ3v) is 2.91. The molecule has 14 heavy (non-hydrogen) atoms. The Labute approximate surface area is 82.8 Å². The first-order chi connectivity index (χ1) is 6.71. The van der Waals surface area contributed by atoms with Crippen molar-refractivity contribution in [2.24, 2.45) is 0 Å². The van der Waals surface area contributed by atoms with Crippen molar-refractivity contribution in [3.8, 4) is 0 Å². The van der Waals surface area contributed by atoms with Gasteiger partial charge in [0.1, 0.15) is 11.4 Å². The molecule has 0 radical (unpaired) electrons. The average Bonchev–Trinajstić information content (AvgIpc) is 2.19. The van der Waals surface area contributed by atoms with Crippen LogP contribution in [0.5, 0.6) is 0 Å². The summed E-state index contributed by atoms with van der Waals surface area (Å²) >= 11 is 0. The number of piperidine rings is 1. The van der Waals surface area contributed by atoms with E-state index in [2.05, 4.69) is 5.32 Å². The van der Waals surface area contributed by atoms with E-state index in [0.29, 0.717) is 0 Å². The summed E-state index contributed by atoms with van der Waals surface area (Å²) in [5, 5.41) is 12.5. The lowest BCUT2D eigenvalue weighted by atomic mass is 9.85. The van der Waals surface area contributed by atoms with Gasteiger partial charge in [-0.15, -0.1) is 0 Å². The van der Waals surface area contributed by atoms with E-state index in [1.165, 1.54) is 12.1 Å². The first-order valence-electron chi connectivity index (χ1n) is 5.01. The summed E-state index contributed by atoms with van der Waals surface area (Å²) in [7, 11) is 0. The number of benzene rings is 1. The number of aliphatic hydroxyl groups is 1. The van der Waals surface area contributed by atoms with Crippen LogP contribution in [0, 0.1) is 5.82 Å². The Morgan fingerprint density at radius 1 is 1.14 bits per heavy atom. The Bertz CT molecular complexity index is 304. The topological polar surface area (TPSA) is 36.8 Å². The third-order valence-electron chi connectivity index (χ3n) is 2.91. The van der Waals surface area contributed by atoms with Gasteiger partial charge < -0.3 is 10.4 Å². The zero-order chi connectivity index (χ0) is 10.0. The maximum atomic E-state index is 12.7. The normalized spacial score (nSPS) is 20.7. The molecule has 2 nitrogen and oxygen atoms in total. The molecule has 3 heteroatoms. The van der Waals surface area contributed by atoms with Crippen LogP contribution in [0.4, 0.5) is 4.39 Å². The first-order valence-corrected chi connectivity index (χ1v) is 5.01. The molecule has 0 atom stereocenters. The van der Waals surface area contributed by atoms with E-state index in [1.54, 1.807) is 12.1 Å². The van der Waals surface area contributed by atoms with Gasteiger partial charge in [-0.05, 0) is 17.7 Å². The molecule has 1 aliphatic rings. The minimum absolute atomic E-state index is 0.250. The van der Waals surface area contributed by atoms with Crippen LogP contribution in [0.15, 0.2) is 24.3 Å². The third kappa shape index (κ3) is 1.79. The van der Waals surface area contributed by atoms with Gasteiger partial charge in [0.05, 0.1) is 13.1 Å². The monoisotopic (exact) mass is 196 g/mol. The Morgan fingerprint density at radius 3 is 2.29 bits per heavy atom. The highest BCUT2D eigenvalue weighted by Gasteiger charge is 2.32. The molecule has 1 saturated heterocycles. The van der Waals surface area contributed by atoms with Crippen LogP contribution in [-0.2, 0) is 5.60 Å². The maximum absolute atomic E-state index is 12.7. The molecular weight excluding hydrogens is 181 g/mol. The summed E-state index contributed by atoms with van der Waals surface area (Å²) in [5.41, 5.74) is 0.106. The second-order valence-electron chi connectivity index (χ2n) is 3.90. The van der Waals surface area contributed by atoms with E-state index in [4.69, 9.17) is 0 Å². The van der Waals surface area contributed by atoms with Gasteiger partial charge in [0, 0.05) is 12.8 Å². The molecule has 1 aromatic rings. The molecule has 76 valence electrons. The predicted molar refractivity (Wildman–Crippen MR) is 51.2 cm³/mol. The second kappa shape index (κ2) is 3.67. The highest BCUT2D eigenvalue weighted by molar-refractivity contribution is 5.23. The molecular formula is C11H15FNO+. The molecule has 0 amide bonds. The maximum Gasteiger partial charge on any atom is 0.123 e. The highest BCUT2D eigenvalue weighted by Crippen LogP contribution is 2.28. The number of rotatable bonds is 1.